The van der Waals surface area contributed by atoms with Gasteiger partial charge in [-0.1, -0.05) is 65.8 Å². The van der Waals surface area contributed by atoms with Crippen LogP contribution in [0.2, 0.25) is 0 Å². The maximum absolute atomic E-state index is 11.9. The minimum Gasteiger partial charge on any atom is -0.478 e. The number of aromatic carboxylic acids is 1. The van der Waals surface area contributed by atoms with Crippen molar-refractivity contribution in [1.29, 1.82) is 0 Å². The van der Waals surface area contributed by atoms with Gasteiger partial charge in [0.2, 0.25) is 23.6 Å². The van der Waals surface area contributed by atoms with Crippen molar-refractivity contribution < 1.29 is 18.7 Å². The third-order valence-electron chi connectivity index (χ3n) is 6.52. The van der Waals surface area contributed by atoms with Crippen molar-refractivity contribution in [3.05, 3.63) is 83.4 Å². The lowest BCUT2D eigenvalue weighted by atomic mass is 9.87. The van der Waals surface area contributed by atoms with Gasteiger partial charge in [0.15, 0.2) is 0 Å². The zero-order valence-electron chi connectivity index (χ0n) is 22.8. The smallest absolute Gasteiger partial charge is 0.335 e. The lowest BCUT2D eigenvalue weighted by molar-refractivity contribution is 0.0697. The van der Waals surface area contributed by atoms with Crippen LogP contribution in [0.15, 0.2) is 75.6 Å². The van der Waals surface area contributed by atoms with Crippen LogP contribution >= 0.6 is 0 Å². The first kappa shape index (κ1) is 26.0. The normalized spacial score (nSPS) is 12.1. The summed E-state index contributed by atoms with van der Waals surface area (Å²) in [5.41, 5.74) is 4.88. The molecule has 0 spiro atoms. The number of hydrogen-bond donors (Lipinski definition) is 1. The molecule has 0 radical (unpaired) electrons. The van der Waals surface area contributed by atoms with Gasteiger partial charge >= 0.3 is 5.97 Å². The van der Waals surface area contributed by atoms with Crippen LogP contribution in [0.5, 0.6) is 0 Å². The largest absolute Gasteiger partial charge is 0.478 e. The van der Waals surface area contributed by atoms with Crippen LogP contribution < -0.4 is 0 Å². The summed E-state index contributed by atoms with van der Waals surface area (Å²) in [4.78, 5) is 11.9. The highest BCUT2D eigenvalue weighted by Crippen LogP contribution is 2.32. The van der Waals surface area contributed by atoms with E-state index in [9.17, 15) is 9.90 Å². The Bertz CT molecular complexity index is 1520. The highest BCUT2D eigenvalue weighted by molar-refractivity contribution is 5.91. The molecule has 0 saturated heterocycles. The summed E-state index contributed by atoms with van der Waals surface area (Å²) in [5, 5.41) is 26.5. The Balaban J connectivity index is 1.47. The van der Waals surface area contributed by atoms with E-state index in [4.69, 9.17) is 8.83 Å². The predicted molar refractivity (Wildman–Crippen MR) is 148 cm³/mol. The van der Waals surface area contributed by atoms with Gasteiger partial charge in [-0.2, -0.15) is 0 Å². The maximum Gasteiger partial charge on any atom is 0.335 e. The minimum absolute atomic E-state index is 0.0245. The Morgan fingerprint density at radius 1 is 0.564 bits per heavy atom. The molecule has 0 atom stereocenters. The van der Waals surface area contributed by atoms with Crippen molar-refractivity contribution in [2.75, 3.05) is 0 Å². The Hall–Kier alpha value is -4.59. The molecule has 8 nitrogen and oxygen atoms in total. The number of nitrogens with zero attached hydrogens (tertiary/aromatic N) is 4. The molecule has 39 heavy (non-hydrogen) atoms. The van der Waals surface area contributed by atoms with Gasteiger partial charge in [-0.25, -0.2) is 4.79 Å². The number of hydrogen-bond acceptors (Lipinski definition) is 7. The molecule has 0 aliphatic heterocycles. The average Bonchev–Trinajstić information content (AvgIpc) is 3.58. The van der Waals surface area contributed by atoms with Crippen LogP contribution in [-0.2, 0) is 10.8 Å². The number of benzene rings is 3. The first-order valence-electron chi connectivity index (χ1n) is 12.7. The van der Waals surface area contributed by atoms with Gasteiger partial charge in [0.1, 0.15) is 0 Å². The van der Waals surface area contributed by atoms with Crippen molar-refractivity contribution in [3.8, 4) is 45.8 Å². The standard InChI is InChI=1S/C31H30N4O4/c1-30(2,3)23-11-7-18(8-12-23)25-32-34-27(38-25)20-15-21(17-22(16-20)29(36)37)28-35-33-26(39-28)19-9-13-24(14-10-19)31(4,5)6/h7-17H,1-6H3,(H,36,37). The van der Waals surface area contributed by atoms with Crippen molar-refractivity contribution >= 4 is 5.97 Å². The second-order valence-corrected chi connectivity index (χ2v) is 11.6. The molecule has 5 rings (SSSR count). The van der Waals surface area contributed by atoms with E-state index in [1.807, 2.05) is 48.5 Å². The molecule has 0 unspecified atom stereocenters. The van der Waals surface area contributed by atoms with E-state index in [1.165, 1.54) is 23.3 Å². The van der Waals surface area contributed by atoms with E-state index >= 15 is 0 Å². The Morgan fingerprint density at radius 3 is 1.21 bits per heavy atom. The van der Waals surface area contributed by atoms with Gasteiger partial charge in [-0.15, -0.1) is 20.4 Å². The van der Waals surface area contributed by atoms with Crippen LogP contribution in [0.25, 0.3) is 45.8 Å². The summed E-state index contributed by atoms with van der Waals surface area (Å²) < 4.78 is 11.9. The summed E-state index contributed by atoms with van der Waals surface area (Å²) in [6.07, 6.45) is 0. The fourth-order valence-electron chi connectivity index (χ4n) is 4.14. The lowest BCUT2D eigenvalue weighted by Crippen LogP contribution is -2.10. The zero-order valence-corrected chi connectivity index (χ0v) is 22.8. The molecule has 0 aliphatic carbocycles. The molecule has 2 heterocycles. The third kappa shape index (κ3) is 5.50. The van der Waals surface area contributed by atoms with E-state index in [1.54, 1.807) is 6.07 Å². The first-order chi connectivity index (χ1) is 18.4. The number of carboxylic acids is 1. The maximum atomic E-state index is 11.9. The van der Waals surface area contributed by atoms with Crippen LogP contribution in [0, 0.1) is 0 Å². The predicted octanol–water partition coefficient (Wildman–Crippen LogP) is 7.41. The number of aromatic nitrogens is 4. The fraction of sp³-hybridized carbons (Fsp3) is 0.258. The molecule has 5 aromatic rings. The Morgan fingerprint density at radius 2 is 0.897 bits per heavy atom. The first-order valence-corrected chi connectivity index (χ1v) is 12.7. The highest BCUT2D eigenvalue weighted by Gasteiger charge is 2.20. The molecule has 0 fully saturated rings. The van der Waals surface area contributed by atoms with Crippen LogP contribution in [0.4, 0.5) is 0 Å². The van der Waals surface area contributed by atoms with Crippen molar-refractivity contribution in [2.24, 2.45) is 0 Å². The van der Waals surface area contributed by atoms with E-state index in [0.717, 1.165) is 11.1 Å². The number of carboxylic acid groups (broad SMARTS) is 1. The highest BCUT2D eigenvalue weighted by atomic mass is 16.4. The SMILES string of the molecule is CC(C)(C)c1ccc(-c2nnc(-c3cc(C(=O)O)cc(-c4nnc(-c5ccc(C(C)(C)C)cc5)o4)c3)o2)cc1. The molecule has 1 N–H and O–H groups in total. The average molecular weight is 523 g/mol. The molecular weight excluding hydrogens is 492 g/mol. The number of rotatable bonds is 5. The summed E-state index contributed by atoms with van der Waals surface area (Å²) >= 11 is 0. The lowest BCUT2D eigenvalue weighted by Gasteiger charge is -2.18. The van der Waals surface area contributed by atoms with E-state index in [-0.39, 0.29) is 28.2 Å². The molecule has 3 aromatic carbocycles. The number of carbonyl (C=O) groups is 1. The summed E-state index contributed by atoms with van der Waals surface area (Å²) in [7, 11) is 0. The molecule has 0 bridgehead atoms. The molecular formula is C31H30N4O4. The Kier molecular flexibility index (Phi) is 6.42. The second-order valence-electron chi connectivity index (χ2n) is 11.6. The van der Waals surface area contributed by atoms with Gasteiger partial charge < -0.3 is 13.9 Å². The van der Waals surface area contributed by atoms with E-state index < -0.39 is 5.97 Å². The van der Waals surface area contributed by atoms with Gasteiger partial charge in [-0.3, -0.25) is 0 Å². The Labute approximate surface area is 226 Å². The van der Waals surface area contributed by atoms with Crippen LogP contribution in [0.1, 0.15) is 63.0 Å². The summed E-state index contributed by atoms with van der Waals surface area (Å²) in [5.74, 6) is -0.0512. The van der Waals surface area contributed by atoms with Crippen molar-refractivity contribution in [2.45, 2.75) is 52.4 Å². The van der Waals surface area contributed by atoms with Gasteiger partial charge in [0.05, 0.1) is 5.56 Å². The van der Waals surface area contributed by atoms with Crippen LogP contribution in [0.3, 0.4) is 0 Å². The summed E-state index contributed by atoms with van der Waals surface area (Å²) in [6.45, 7) is 12.9. The van der Waals surface area contributed by atoms with Crippen molar-refractivity contribution in [3.63, 3.8) is 0 Å². The third-order valence-corrected chi connectivity index (χ3v) is 6.52. The topological polar surface area (TPSA) is 115 Å². The van der Waals surface area contributed by atoms with Gasteiger partial charge in [-0.05, 0) is 64.4 Å². The summed E-state index contributed by atoms with van der Waals surface area (Å²) in [6, 6.07) is 20.5. The van der Waals surface area contributed by atoms with Gasteiger partial charge in [0.25, 0.3) is 0 Å². The molecule has 8 heteroatoms. The monoisotopic (exact) mass is 522 g/mol. The molecule has 198 valence electrons. The van der Waals surface area contributed by atoms with Crippen molar-refractivity contribution in [1.82, 2.24) is 20.4 Å². The molecule has 2 aromatic heterocycles. The van der Waals surface area contributed by atoms with Gasteiger partial charge in [0, 0.05) is 22.3 Å². The van der Waals surface area contributed by atoms with E-state index in [0.29, 0.717) is 22.9 Å². The van der Waals surface area contributed by atoms with E-state index in [2.05, 4.69) is 61.9 Å². The van der Waals surface area contributed by atoms with Crippen LogP contribution in [-0.4, -0.2) is 31.5 Å². The molecule has 0 amide bonds. The quantitative estimate of drug-likeness (QED) is 0.254. The molecule has 0 saturated carbocycles. The minimum atomic E-state index is -1.10. The zero-order chi connectivity index (χ0) is 27.9. The second kappa shape index (κ2) is 9.62. The fourth-order valence-corrected chi connectivity index (χ4v) is 4.14. The molecule has 0 aliphatic rings.